The summed E-state index contributed by atoms with van der Waals surface area (Å²) in [5.74, 6) is 0. The van der Waals surface area contributed by atoms with E-state index in [4.69, 9.17) is 13.7 Å². The fourth-order valence-electron chi connectivity index (χ4n) is 3.85. The van der Waals surface area contributed by atoms with Gasteiger partial charge in [-0.25, -0.2) is 4.79 Å². The molecule has 0 saturated heterocycles. The second kappa shape index (κ2) is 20.4. The Balaban J connectivity index is 2.14. The molecular weight excluding hydrogens is 480 g/mol. The second-order valence-electron chi connectivity index (χ2n) is 9.42. The molecule has 0 aliphatic carbocycles. The summed E-state index contributed by atoms with van der Waals surface area (Å²) in [6.07, 6.45) is 16.2. The predicted octanol–water partition coefficient (Wildman–Crippen LogP) is 7.35. The molecule has 0 fully saturated rings. The van der Waals surface area contributed by atoms with Crippen molar-refractivity contribution in [2.45, 2.75) is 115 Å². The van der Waals surface area contributed by atoms with Gasteiger partial charge in [0.1, 0.15) is 6.61 Å². The fourth-order valence-corrected chi connectivity index (χ4v) is 4.79. The molecule has 0 aromatic heterocycles. The standard InChI is InChI=1S/C28H48O7S/c1-4-5-6-7-8-9-10-11-12-13-14-15-16-17-22-33-23-26(35-28(29)32-3)24-34-36(30,31)27-20-18-25(2)19-21-27/h18-21,26H,4-17,22-24H2,1-3H3. The lowest BCUT2D eigenvalue weighted by Gasteiger charge is -2.17. The highest BCUT2D eigenvalue weighted by Crippen LogP contribution is 2.15. The largest absolute Gasteiger partial charge is 0.508 e. The van der Waals surface area contributed by atoms with Crippen molar-refractivity contribution >= 4 is 16.3 Å². The first-order chi connectivity index (χ1) is 17.4. The Morgan fingerprint density at radius 1 is 0.778 bits per heavy atom. The third-order valence-electron chi connectivity index (χ3n) is 6.09. The molecule has 0 aliphatic heterocycles. The van der Waals surface area contributed by atoms with Gasteiger partial charge in [-0.2, -0.15) is 8.42 Å². The maximum atomic E-state index is 12.4. The number of methoxy groups -OCH3 is 1. The summed E-state index contributed by atoms with van der Waals surface area (Å²) < 4.78 is 45.1. The molecule has 0 N–H and O–H groups in total. The van der Waals surface area contributed by atoms with Crippen molar-refractivity contribution in [3.8, 4) is 0 Å². The zero-order valence-electron chi connectivity index (χ0n) is 22.7. The Bertz CT molecular complexity index is 778. The van der Waals surface area contributed by atoms with Crippen molar-refractivity contribution in [2.24, 2.45) is 0 Å². The molecule has 0 heterocycles. The third kappa shape index (κ3) is 16.2. The van der Waals surface area contributed by atoms with Gasteiger partial charge in [0.2, 0.25) is 0 Å². The summed E-state index contributed by atoms with van der Waals surface area (Å²) in [6, 6.07) is 6.34. The van der Waals surface area contributed by atoms with E-state index in [1.807, 2.05) is 6.92 Å². The SMILES string of the molecule is CCCCCCCCCCCCCCCCOCC(COS(=O)(=O)c1ccc(C)cc1)OC(=O)OC. The Morgan fingerprint density at radius 2 is 1.28 bits per heavy atom. The van der Waals surface area contributed by atoms with Crippen LogP contribution in [-0.2, 0) is 28.5 Å². The van der Waals surface area contributed by atoms with Crippen molar-refractivity contribution in [1.29, 1.82) is 0 Å². The summed E-state index contributed by atoms with van der Waals surface area (Å²) in [5.41, 5.74) is 0.942. The number of aryl methyl sites for hydroxylation is 1. The van der Waals surface area contributed by atoms with Crippen LogP contribution in [0.5, 0.6) is 0 Å². The Kier molecular flexibility index (Phi) is 18.4. The smallest absolute Gasteiger partial charge is 0.438 e. The van der Waals surface area contributed by atoms with Crippen LogP contribution in [-0.4, -0.2) is 47.6 Å². The van der Waals surface area contributed by atoms with Gasteiger partial charge in [-0.05, 0) is 25.5 Å². The van der Waals surface area contributed by atoms with E-state index in [0.29, 0.717) is 6.61 Å². The van der Waals surface area contributed by atoms with E-state index in [9.17, 15) is 13.2 Å². The summed E-state index contributed by atoms with van der Waals surface area (Å²) >= 11 is 0. The van der Waals surface area contributed by atoms with E-state index in [0.717, 1.165) is 18.4 Å². The molecule has 1 atom stereocenters. The quantitative estimate of drug-likeness (QED) is 0.0883. The van der Waals surface area contributed by atoms with Crippen LogP contribution in [0.25, 0.3) is 0 Å². The number of unbranched alkanes of at least 4 members (excludes halogenated alkanes) is 13. The van der Waals surface area contributed by atoms with Gasteiger partial charge in [0.25, 0.3) is 10.1 Å². The van der Waals surface area contributed by atoms with Crippen molar-refractivity contribution < 1.29 is 31.6 Å². The number of carbonyl (C=O) groups is 1. The lowest BCUT2D eigenvalue weighted by Crippen LogP contribution is -2.30. The van der Waals surface area contributed by atoms with Crippen molar-refractivity contribution in [2.75, 3.05) is 26.9 Å². The molecule has 208 valence electrons. The number of ether oxygens (including phenoxy) is 3. The predicted molar refractivity (Wildman–Crippen MR) is 143 cm³/mol. The molecule has 0 aliphatic rings. The number of rotatable bonds is 22. The van der Waals surface area contributed by atoms with E-state index in [1.54, 1.807) is 12.1 Å². The number of benzene rings is 1. The summed E-state index contributed by atoms with van der Waals surface area (Å²) in [7, 11) is -2.77. The van der Waals surface area contributed by atoms with Crippen LogP contribution in [0.4, 0.5) is 4.79 Å². The number of hydrogen-bond acceptors (Lipinski definition) is 7. The molecule has 8 heteroatoms. The molecule has 0 spiro atoms. The van der Waals surface area contributed by atoms with Gasteiger partial charge in [-0.15, -0.1) is 0 Å². The van der Waals surface area contributed by atoms with Gasteiger partial charge in [-0.1, -0.05) is 108 Å². The van der Waals surface area contributed by atoms with Crippen LogP contribution >= 0.6 is 0 Å². The summed E-state index contributed by atoms with van der Waals surface area (Å²) in [4.78, 5) is 11.6. The van der Waals surface area contributed by atoms with Gasteiger partial charge in [0.15, 0.2) is 6.10 Å². The average Bonchev–Trinajstić information content (AvgIpc) is 2.87. The minimum absolute atomic E-state index is 0.0387. The van der Waals surface area contributed by atoms with Gasteiger partial charge < -0.3 is 14.2 Å². The van der Waals surface area contributed by atoms with Gasteiger partial charge in [0.05, 0.1) is 18.6 Å². The first kappa shape index (κ1) is 32.4. The van der Waals surface area contributed by atoms with E-state index >= 15 is 0 Å². The first-order valence-corrected chi connectivity index (χ1v) is 15.1. The Hall–Kier alpha value is -1.64. The highest BCUT2D eigenvalue weighted by atomic mass is 32.2. The molecule has 7 nitrogen and oxygen atoms in total. The van der Waals surface area contributed by atoms with E-state index in [2.05, 4.69) is 11.7 Å². The van der Waals surface area contributed by atoms with Crippen LogP contribution in [0, 0.1) is 6.92 Å². The van der Waals surface area contributed by atoms with E-state index in [-0.39, 0.29) is 18.1 Å². The molecule has 1 unspecified atom stereocenters. The molecule has 0 amide bonds. The van der Waals surface area contributed by atoms with Crippen LogP contribution in [0.3, 0.4) is 0 Å². The zero-order valence-corrected chi connectivity index (χ0v) is 23.5. The van der Waals surface area contributed by atoms with E-state index < -0.39 is 22.4 Å². The minimum Gasteiger partial charge on any atom is -0.438 e. The van der Waals surface area contributed by atoms with Crippen LogP contribution in [0.2, 0.25) is 0 Å². The van der Waals surface area contributed by atoms with E-state index in [1.165, 1.54) is 96.3 Å². The normalized spacial score (nSPS) is 12.4. The van der Waals surface area contributed by atoms with Gasteiger partial charge >= 0.3 is 6.16 Å². The van der Waals surface area contributed by atoms with Gasteiger partial charge in [-0.3, -0.25) is 4.18 Å². The second-order valence-corrected chi connectivity index (χ2v) is 11.0. The molecule has 36 heavy (non-hydrogen) atoms. The summed E-state index contributed by atoms with van der Waals surface area (Å²) in [5, 5.41) is 0. The zero-order chi connectivity index (χ0) is 26.5. The van der Waals surface area contributed by atoms with Crippen LogP contribution < -0.4 is 0 Å². The Morgan fingerprint density at radius 3 is 1.78 bits per heavy atom. The number of hydrogen-bond donors (Lipinski definition) is 0. The lowest BCUT2D eigenvalue weighted by molar-refractivity contribution is -0.0260. The topological polar surface area (TPSA) is 88.1 Å². The minimum atomic E-state index is -3.96. The molecule has 0 bridgehead atoms. The number of carbonyl (C=O) groups excluding carboxylic acids is 1. The maximum absolute atomic E-state index is 12.4. The lowest BCUT2D eigenvalue weighted by atomic mass is 10.0. The summed E-state index contributed by atoms with van der Waals surface area (Å²) in [6.45, 7) is 4.34. The van der Waals surface area contributed by atoms with Crippen molar-refractivity contribution in [3.05, 3.63) is 29.8 Å². The molecule has 0 radical (unpaired) electrons. The first-order valence-electron chi connectivity index (χ1n) is 13.7. The fraction of sp³-hybridized carbons (Fsp3) is 0.750. The average molecular weight is 529 g/mol. The van der Waals surface area contributed by atoms with Gasteiger partial charge in [0, 0.05) is 6.61 Å². The highest BCUT2D eigenvalue weighted by Gasteiger charge is 2.22. The maximum Gasteiger partial charge on any atom is 0.508 e. The molecular formula is C28H48O7S. The third-order valence-corrected chi connectivity index (χ3v) is 7.39. The molecule has 1 aromatic carbocycles. The van der Waals surface area contributed by atoms with Crippen LogP contribution in [0.1, 0.15) is 102 Å². The molecule has 1 rings (SSSR count). The highest BCUT2D eigenvalue weighted by molar-refractivity contribution is 7.86. The monoisotopic (exact) mass is 528 g/mol. The van der Waals surface area contributed by atoms with Crippen molar-refractivity contribution in [3.63, 3.8) is 0 Å². The molecule has 0 saturated carbocycles. The van der Waals surface area contributed by atoms with Crippen LogP contribution in [0.15, 0.2) is 29.2 Å². The Labute approximate surface area is 219 Å². The molecule has 1 aromatic rings. The van der Waals surface area contributed by atoms with Crippen molar-refractivity contribution in [1.82, 2.24) is 0 Å².